The van der Waals surface area contributed by atoms with E-state index in [0.717, 1.165) is 23.9 Å². The number of Topliss-reactive ketones (excluding diaryl/α,β-unsaturated/α-hetero) is 1. The third-order valence-corrected chi connectivity index (χ3v) is 7.11. The Morgan fingerprint density at radius 3 is 2.33 bits per heavy atom. The SMILES string of the molecule is COc1ccc(C(=O)[C@@H]2[C@@H]3C(=O)N(c4ccc(Br)cc4)C(=O)[C@@H]3[C@H]3CCCN32)cc1. The maximum atomic E-state index is 13.5. The highest BCUT2D eigenvalue weighted by Gasteiger charge is 2.64. The number of ketones is 1. The molecule has 0 spiro atoms. The average Bonchev–Trinajstić information content (AvgIpc) is 3.41. The molecule has 7 heteroatoms. The molecule has 6 nitrogen and oxygen atoms in total. The Kier molecular flexibility index (Phi) is 4.75. The summed E-state index contributed by atoms with van der Waals surface area (Å²) < 4.78 is 6.06. The second kappa shape index (κ2) is 7.32. The smallest absolute Gasteiger partial charge is 0.239 e. The fourth-order valence-electron chi connectivity index (χ4n) is 5.29. The maximum Gasteiger partial charge on any atom is 0.239 e. The van der Waals surface area contributed by atoms with Gasteiger partial charge in [-0.15, -0.1) is 0 Å². The molecule has 154 valence electrons. The maximum absolute atomic E-state index is 13.5. The highest BCUT2D eigenvalue weighted by molar-refractivity contribution is 9.10. The summed E-state index contributed by atoms with van der Waals surface area (Å²) in [5.41, 5.74) is 1.09. The van der Waals surface area contributed by atoms with Crippen LogP contribution in [-0.2, 0) is 9.59 Å². The summed E-state index contributed by atoms with van der Waals surface area (Å²) >= 11 is 3.39. The van der Waals surface area contributed by atoms with Crippen LogP contribution in [-0.4, -0.2) is 48.2 Å². The van der Waals surface area contributed by atoms with Crippen LogP contribution in [0.2, 0.25) is 0 Å². The molecule has 2 aromatic carbocycles. The minimum atomic E-state index is -0.638. The van der Waals surface area contributed by atoms with Crippen molar-refractivity contribution < 1.29 is 19.1 Å². The number of imide groups is 1. The van der Waals surface area contributed by atoms with Gasteiger partial charge in [0.05, 0.1) is 30.7 Å². The second-order valence-electron chi connectivity index (χ2n) is 8.02. The number of hydrogen-bond acceptors (Lipinski definition) is 5. The molecule has 0 bridgehead atoms. The first-order chi connectivity index (χ1) is 14.5. The van der Waals surface area contributed by atoms with Gasteiger partial charge in [-0.3, -0.25) is 19.3 Å². The Bertz CT molecular complexity index is 1020. The molecule has 4 atom stereocenters. The first-order valence-electron chi connectivity index (χ1n) is 10.1. The van der Waals surface area contributed by atoms with Gasteiger partial charge in [0.1, 0.15) is 5.75 Å². The van der Waals surface area contributed by atoms with E-state index in [0.29, 0.717) is 17.0 Å². The normalized spacial score (nSPS) is 28.0. The van der Waals surface area contributed by atoms with E-state index < -0.39 is 17.9 Å². The third-order valence-electron chi connectivity index (χ3n) is 6.58. The van der Waals surface area contributed by atoms with Crippen LogP contribution in [0, 0.1) is 11.8 Å². The molecular formula is C23H21BrN2O4. The minimum absolute atomic E-state index is 0.0564. The number of fused-ring (bicyclic) bond motifs is 3. The number of carbonyl (C=O) groups excluding carboxylic acids is 3. The van der Waals surface area contributed by atoms with Crippen LogP contribution in [0.3, 0.4) is 0 Å². The topological polar surface area (TPSA) is 66.9 Å². The predicted molar refractivity (Wildman–Crippen MR) is 114 cm³/mol. The van der Waals surface area contributed by atoms with Crippen molar-refractivity contribution in [2.75, 3.05) is 18.6 Å². The Morgan fingerprint density at radius 1 is 1.00 bits per heavy atom. The van der Waals surface area contributed by atoms with Crippen molar-refractivity contribution >= 4 is 39.2 Å². The number of nitrogens with zero attached hydrogens (tertiary/aromatic N) is 2. The van der Waals surface area contributed by atoms with Crippen LogP contribution < -0.4 is 9.64 Å². The van der Waals surface area contributed by atoms with Crippen molar-refractivity contribution in [2.24, 2.45) is 11.8 Å². The van der Waals surface area contributed by atoms with Gasteiger partial charge < -0.3 is 4.74 Å². The van der Waals surface area contributed by atoms with Gasteiger partial charge in [-0.25, -0.2) is 4.90 Å². The van der Waals surface area contributed by atoms with Crippen molar-refractivity contribution in [3.05, 3.63) is 58.6 Å². The monoisotopic (exact) mass is 468 g/mol. The number of amides is 2. The molecule has 3 heterocycles. The van der Waals surface area contributed by atoms with E-state index in [4.69, 9.17) is 4.74 Å². The van der Waals surface area contributed by atoms with Gasteiger partial charge in [-0.1, -0.05) is 15.9 Å². The number of benzene rings is 2. The van der Waals surface area contributed by atoms with E-state index in [2.05, 4.69) is 20.8 Å². The van der Waals surface area contributed by atoms with E-state index in [-0.39, 0.29) is 23.6 Å². The molecule has 0 saturated carbocycles. The zero-order valence-electron chi connectivity index (χ0n) is 16.5. The zero-order valence-corrected chi connectivity index (χ0v) is 18.0. The molecule has 3 fully saturated rings. The summed E-state index contributed by atoms with van der Waals surface area (Å²) in [6, 6.07) is 13.4. The number of rotatable bonds is 4. The van der Waals surface area contributed by atoms with Gasteiger partial charge in [-0.2, -0.15) is 0 Å². The molecule has 5 rings (SSSR count). The molecule has 3 saturated heterocycles. The van der Waals surface area contributed by atoms with E-state index in [1.54, 1.807) is 43.5 Å². The third kappa shape index (κ3) is 2.83. The number of anilines is 1. The van der Waals surface area contributed by atoms with E-state index in [1.165, 1.54) is 4.90 Å². The molecule has 2 aromatic rings. The van der Waals surface area contributed by atoms with Gasteiger partial charge in [0.15, 0.2) is 5.78 Å². The fraction of sp³-hybridized carbons (Fsp3) is 0.348. The lowest BCUT2D eigenvalue weighted by Gasteiger charge is -2.27. The van der Waals surface area contributed by atoms with Gasteiger partial charge in [0.2, 0.25) is 11.8 Å². The number of halogens is 1. The van der Waals surface area contributed by atoms with Crippen LogP contribution in [0.4, 0.5) is 5.69 Å². The Balaban J connectivity index is 1.52. The molecule has 3 aliphatic heterocycles. The van der Waals surface area contributed by atoms with Crippen LogP contribution >= 0.6 is 15.9 Å². The second-order valence-corrected chi connectivity index (χ2v) is 8.94. The van der Waals surface area contributed by atoms with Crippen LogP contribution in [0.1, 0.15) is 23.2 Å². The van der Waals surface area contributed by atoms with E-state index >= 15 is 0 Å². The van der Waals surface area contributed by atoms with Gasteiger partial charge >= 0.3 is 0 Å². The zero-order chi connectivity index (χ0) is 21.0. The lowest BCUT2D eigenvalue weighted by molar-refractivity contribution is -0.123. The van der Waals surface area contributed by atoms with Crippen LogP contribution in [0.5, 0.6) is 5.75 Å². The quantitative estimate of drug-likeness (QED) is 0.508. The molecule has 0 radical (unpaired) electrons. The highest BCUT2D eigenvalue weighted by atomic mass is 79.9. The van der Waals surface area contributed by atoms with E-state index in [9.17, 15) is 14.4 Å². The van der Waals surface area contributed by atoms with E-state index in [1.807, 2.05) is 12.1 Å². The van der Waals surface area contributed by atoms with Crippen molar-refractivity contribution in [2.45, 2.75) is 24.9 Å². The number of carbonyl (C=O) groups is 3. The summed E-state index contributed by atoms with van der Waals surface area (Å²) in [7, 11) is 1.58. The number of hydrogen-bond donors (Lipinski definition) is 0. The summed E-state index contributed by atoms with van der Waals surface area (Å²) in [4.78, 5) is 43.7. The largest absolute Gasteiger partial charge is 0.497 e. The molecule has 30 heavy (non-hydrogen) atoms. The van der Waals surface area contributed by atoms with Crippen LogP contribution in [0.25, 0.3) is 0 Å². The van der Waals surface area contributed by atoms with Crippen molar-refractivity contribution in [1.82, 2.24) is 4.90 Å². The first-order valence-corrected chi connectivity index (χ1v) is 10.9. The molecule has 0 N–H and O–H groups in total. The van der Waals surface area contributed by atoms with Gasteiger partial charge in [-0.05, 0) is 67.9 Å². The summed E-state index contributed by atoms with van der Waals surface area (Å²) in [6.07, 6.45) is 1.76. The summed E-state index contributed by atoms with van der Waals surface area (Å²) in [5.74, 6) is -0.987. The molecule has 0 aliphatic carbocycles. The molecule has 2 amide bonds. The Labute approximate surface area is 182 Å². The molecular weight excluding hydrogens is 448 g/mol. The average molecular weight is 469 g/mol. The van der Waals surface area contributed by atoms with Crippen molar-refractivity contribution in [3.63, 3.8) is 0 Å². The standard InChI is InChI=1S/C23H21BrN2O4/c1-30-16-10-4-13(5-11-16)21(27)20-19-18(17-3-2-12-25(17)20)22(28)26(23(19)29)15-8-6-14(24)7-9-15/h4-11,17-20H,2-3,12H2,1H3/t17-,18-,19-,20+/m1/s1. The molecule has 0 unspecified atom stereocenters. The lowest BCUT2D eigenvalue weighted by Crippen LogP contribution is -2.46. The fourth-order valence-corrected chi connectivity index (χ4v) is 5.55. The predicted octanol–water partition coefficient (Wildman–Crippen LogP) is 3.29. The Hall–Kier alpha value is -2.51. The lowest BCUT2D eigenvalue weighted by atomic mass is 9.85. The number of methoxy groups -OCH3 is 1. The number of ether oxygens (including phenoxy) is 1. The van der Waals surface area contributed by atoms with Crippen molar-refractivity contribution in [1.29, 1.82) is 0 Å². The highest BCUT2D eigenvalue weighted by Crippen LogP contribution is 2.48. The first kappa shape index (κ1) is 19.5. The van der Waals surface area contributed by atoms with Crippen molar-refractivity contribution in [3.8, 4) is 5.75 Å². The van der Waals surface area contributed by atoms with Gasteiger partial charge in [0, 0.05) is 16.1 Å². The Morgan fingerprint density at radius 2 is 1.67 bits per heavy atom. The molecule has 0 aromatic heterocycles. The summed E-state index contributed by atoms with van der Waals surface area (Å²) in [6.45, 7) is 0.739. The van der Waals surface area contributed by atoms with Crippen LogP contribution in [0.15, 0.2) is 53.0 Å². The molecule has 3 aliphatic rings. The van der Waals surface area contributed by atoms with Gasteiger partial charge in [0.25, 0.3) is 0 Å². The summed E-state index contributed by atoms with van der Waals surface area (Å²) in [5, 5.41) is 0. The minimum Gasteiger partial charge on any atom is -0.497 e.